The number of amides is 2. The van der Waals surface area contributed by atoms with Gasteiger partial charge in [-0.25, -0.2) is 4.79 Å². The zero-order chi connectivity index (χ0) is 24.4. The van der Waals surface area contributed by atoms with Gasteiger partial charge in [0.15, 0.2) is 0 Å². The van der Waals surface area contributed by atoms with Crippen LogP contribution < -0.4 is 10.1 Å². The molecule has 0 spiro atoms. The maximum atomic E-state index is 13.2. The number of nitrogens with zero attached hydrogens (tertiary/aromatic N) is 3. The molecule has 0 bridgehead atoms. The van der Waals surface area contributed by atoms with Gasteiger partial charge in [0.05, 0.1) is 31.0 Å². The Hall–Kier alpha value is -4.33. The fraction of sp³-hybridized carbons (Fsp3) is 0.222. The summed E-state index contributed by atoms with van der Waals surface area (Å²) in [6, 6.07) is 18.5. The summed E-state index contributed by atoms with van der Waals surface area (Å²) in [6.07, 6.45) is 1.59. The van der Waals surface area contributed by atoms with E-state index in [1.54, 1.807) is 17.2 Å². The van der Waals surface area contributed by atoms with Crippen LogP contribution in [0.25, 0.3) is 17.0 Å². The van der Waals surface area contributed by atoms with E-state index < -0.39 is 6.04 Å². The van der Waals surface area contributed by atoms with Crippen molar-refractivity contribution in [2.24, 2.45) is 0 Å². The van der Waals surface area contributed by atoms with E-state index in [0.717, 1.165) is 28.0 Å². The number of carbonyl (C=O) groups excluding carboxylic acids is 1. The van der Waals surface area contributed by atoms with Crippen LogP contribution in [0.15, 0.2) is 81.6 Å². The van der Waals surface area contributed by atoms with Crippen molar-refractivity contribution >= 4 is 11.6 Å². The number of ether oxygens (including phenoxy) is 1. The van der Waals surface area contributed by atoms with Crippen molar-refractivity contribution in [1.82, 2.24) is 20.4 Å². The lowest BCUT2D eigenvalue weighted by Crippen LogP contribution is -2.45. The summed E-state index contributed by atoms with van der Waals surface area (Å²) < 4.78 is 16.8. The second-order valence-electron chi connectivity index (χ2n) is 8.34. The van der Waals surface area contributed by atoms with Gasteiger partial charge in [0.25, 0.3) is 5.89 Å². The third-order valence-corrected chi connectivity index (χ3v) is 5.98. The number of hydrogen-bond acceptors (Lipinski definition) is 6. The summed E-state index contributed by atoms with van der Waals surface area (Å²) in [6.45, 7) is 6.71. The summed E-state index contributed by atoms with van der Waals surface area (Å²) in [4.78, 5) is 19.5. The first-order valence-corrected chi connectivity index (χ1v) is 11.5. The summed E-state index contributed by atoms with van der Waals surface area (Å²) in [5.74, 6) is 2.27. The number of aryl methyl sites for hydroxylation is 1. The molecule has 3 heterocycles. The number of nitrogens with one attached hydrogen (secondary N) is 1. The van der Waals surface area contributed by atoms with Crippen molar-refractivity contribution in [3.63, 3.8) is 0 Å². The molecular weight excluding hydrogens is 444 g/mol. The van der Waals surface area contributed by atoms with Crippen molar-refractivity contribution in [2.45, 2.75) is 33.4 Å². The van der Waals surface area contributed by atoms with E-state index in [1.165, 1.54) is 0 Å². The standard InChI is InChI=1S/C27H26N4O4/c1-4-33-21-13-11-19(12-14-21)24-23(18(3)31(27(32)28-24)16-22-6-5-15-34-22)26-29-25(30-35-26)20-9-7-17(2)8-10-20/h5-15,24H,4,16H2,1-3H3,(H,28,32). The molecule has 0 saturated heterocycles. The summed E-state index contributed by atoms with van der Waals surface area (Å²) in [5, 5.41) is 7.32. The fourth-order valence-corrected chi connectivity index (χ4v) is 4.13. The van der Waals surface area contributed by atoms with E-state index in [1.807, 2.05) is 75.4 Å². The van der Waals surface area contributed by atoms with Crippen molar-refractivity contribution in [2.75, 3.05) is 6.61 Å². The Morgan fingerprint density at radius 2 is 1.83 bits per heavy atom. The maximum Gasteiger partial charge on any atom is 0.322 e. The molecule has 0 aliphatic carbocycles. The van der Waals surface area contributed by atoms with Gasteiger partial charge in [0, 0.05) is 11.3 Å². The Bertz CT molecular complexity index is 1340. The molecule has 35 heavy (non-hydrogen) atoms. The molecule has 2 aromatic heterocycles. The quantitative estimate of drug-likeness (QED) is 0.370. The number of allylic oxidation sites excluding steroid dienone is 1. The van der Waals surface area contributed by atoms with E-state index in [9.17, 15) is 4.79 Å². The molecule has 2 amide bonds. The van der Waals surface area contributed by atoms with Crippen LogP contribution in [0.4, 0.5) is 4.79 Å². The van der Waals surface area contributed by atoms with Crippen LogP contribution in [0.2, 0.25) is 0 Å². The van der Waals surface area contributed by atoms with E-state index in [4.69, 9.17) is 18.7 Å². The molecule has 4 aromatic rings. The first-order valence-electron chi connectivity index (χ1n) is 11.5. The van der Waals surface area contributed by atoms with Gasteiger partial charge in [0.1, 0.15) is 11.5 Å². The van der Waals surface area contributed by atoms with Crippen LogP contribution in [-0.4, -0.2) is 27.7 Å². The second-order valence-corrected chi connectivity index (χ2v) is 8.34. The van der Waals surface area contributed by atoms with Crippen LogP contribution in [0.1, 0.15) is 42.7 Å². The van der Waals surface area contributed by atoms with Crippen LogP contribution in [0.3, 0.4) is 0 Å². The van der Waals surface area contributed by atoms with E-state index in [2.05, 4.69) is 10.5 Å². The largest absolute Gasteiger partial charge is 0.494 e. The van der Waals surface area contributed by atoms with Crippen molar-refractivity contribution in [3.8, 4) is 17.1 Å². The molecule has 1 unspecified atom stereocenters. The number of aromatic nitrogens is 2. The van der Waals surface area contributed by atoms with E-state index in [-0.39, 0.29) is 12.6 Å². The molecule has 2 aromatic carbocycles. The Morgan fingerprint density at radius 3 is 2.51 bits per heavy atom. The maximum absolute atomic E-state index is 13.2. The molecule has 1 aliphatic heterocycles. The van der Waals surface area contributed by atoms with Gasteiger partial charge >= 0.3 is 6.03 Å². The number of rotatable bonds is 7. The Kier molecular flexibility index (Phi) is 6.10. The lowest BCUT2D eigenvalue weighted by atomic mass is 9.94. The van der Waals surface area contributed by atoms with Crippen LogP contribution in [-0.2, 0) is 6.54 Å². The molecule has 1 N–H and O–H groups in total. The van der Waals surface area contributed by atoms with Gasteiger partial charge in [-0.05, 0) is 50.6 Å². The van der Waals surface area contributed by atoms with Gasteiger partial charge in [-0.2, -0.15) is 4.98 Å². The molecule has 0 radical (unpaired) electrons. The number of hydrogen-bond donors (Lipinski definition) is 1. The summed E-state index contributed by atoms with van der Waals surface area (Å²) >= 11 is 0. The normalized spacial score (nSPS) is 15.9. The molecule has 1 aliphatic rings. The SMILES string of the molecule is CCOc1ccc(C2NC(=O)N(Cc3ccco3)C(C)=C2c2nc(-c3ccc(C)cc3)no2)cc1. The second kappa shape index (κ2) is 9.50. The predicted molar refractivity (Wildman–Crippen MR) is 130 cm³/mol. The van der Waals surface area contributed by atoms with Crippen molar-refractivity contribution < 1.29 is 18.5 Å². The smallest absolute Gasteiger partial charge is 0.322 e. The number of urea groups is 1. The highest BCUT2D eigenvalue weighted by atomic mass is 16.5. The number of furan rings is 1. The minimum atomic E-state index is -0.475. The zero-order valence-corrected chi connectivity index (χ0v) is 19.8. The predicted octanol–water partition coefficient (Wildman–Crippen LogP) is 5.73. The lowest BCUT2D eigenvalue weighted by Gasteiger charge is -2.34. The Balaban J connectivity index is 1.57. The highest BCUT2D eigenvalue weighted by Gasteiger charge is 2.36. The summed E-state index contributed by atoms with van der Waals surface area (Å²) in [5.41, 5.74) is 4.32. The van der Waals surface area contributed by atoms with E-state index >= 15 is 0 Å². The van der Waals surface area contributed by atoms with Gasteiger partial charge in [0.2, 0.25) is 5.82 Å². The molecule has 1 atom stereocenters. The lowest BCUT2D eigenvalue weighted by molar-refractivity contribution is 0.199. The Morgan fingerprint density at radius 1 is 1.06 bits per heavy atom. The van der Waals surface area contributed by atoms with Gasteiger partial charge in [-0.1, -0.05) is 47.1 Å². The fourth-order valence-electron chi connectivity index (χ4n) is 4.13. The van der Waals surface area contributed by atoms with Gasteiger partial charge in [-0.3, -0.25) is 4.90 Å². The third kappa shape index (κ3) is 4.55. The molecule has 8 heteroatoms. The molecule has 5 rings (SSSR count). The number of benzene rings is 2. The van der Waals surface area contributed by atoms with Crippen LogP contribution in [0.5, 0.6) is 5.75 Å². The monoisotopic (exact) mass is 470 g/mol. The highest BCUT2D eigenvalue weighted by Crippen LogP contribution is 2.38. The van der Waals surface area contributed by atoms with Crippen molar-refractivity contribution in [3.05, 3.63) is 95.4 Å². The van der Waals surface area contributed by atoms with Crippen LogP contribution >= 0.6 is 0 Å². The topological polar surface area (TPSA) is 93.6 Å². The van der Waals surface area contributed by atoms with Gasteiger partial charge in [-0.15, -0.1) is 0 Å². The summed E-state index contributed by atoms with van der Waals surface area (Å²) in [7, 11) is 0. The first-order chi connectivity index (χ1) is 17.0. The first kappa shape index (κ1) is 22.5. The highest BCUT2D eigenvalue weighted by molar-refractivity contribution is 5.86. The molecular formula is C27H26N4O4. The minimum absolute atomic E-state index is 0.236. The third-order valence-electron chi connectivity index (χ3n) is 5.98. The average molecular weight is 471 g/mol. The van der Waals surface area contributed by atoms with E-state index in [0.29, 0.717) is 29.8 Å². The molecule has 8 nitrogen and oxygen atoms in total. The van der Waals surface area contributed by atoms with Gasteiger partial charge < -0.3 is 19.0 Å². The van der Waals surface area contributed by atoms with Crippen LogP contribution in [0, 0.1) is 6.92 Å². The molecule has 0 saturated carbocycles. The molecule has 178 valence electrons. The minimum Gasteiger partial charge on any atom is -0.494 e. The molecule has 0 fully saturated rings. The van der Waals surface area contributed by atoms with Crippen molar-refractivity contribution in [1.29, 1.82) is 0 Å². The average Bonchev–Trinajstić information content (AvgIpc) is 3.55. The Labute approximate surface area is 203 Å². The number of carbonyl (C=O) groups is 1. The zero-order valence-electron chi connectivity index (χ0n) is 19.8.